The Kier molecular flexibility index (Phi) is 4.32. The van der Waals surface area contributed by atoms with Crippen LogP contribution in [0.4, 0.5) is 0 Å². The van der Waals surface area contributed by atoms with Crippen LogP contribution in [-0.4, -0.2) is 47.3 Å². The molecule has 2 aliphatic rings. The Bertz CT molecular complexity index is 557. The van der Waals surface area contributed by atoms with E-state index in [0.717, 1.165) is 24.8 Å². The Morgan fingerprint density at radius 1 is 1.36 bits per heavy atom. The van der Waals surface area contributed by atoms with Gasteiger partial charge in [-0.25, -0.2) is 0 Å². The van der Waals surface area contributed by atoms with Gasteiger partial charge in [-0.1, -0.05) is 30.3 Å². The van der Waals surface area contributed by atoms with Gasteiger partial charge in [0.1, 0.15) is 0 Å². The molecule has 1 aromatic carbocycles. The second-order valence-electron chi connectivity index (χ2n) is 6.24. The van der Waals surface area contributed by atoms with Gasteiger partial charge in [-0.05, 0) is 37.3 Å². The Morgan fingerprint density at radius 3 is 2.86 bits per heavy atom. The maximum Gasteiger partial charge on any atom is 0.246 e. The number of likely N-dealkylation sites (tertiary alicyclic amines) is 1. The second-order valence-corrected chi connectivity index (χ2v) is 6.24. The van der Waals surface area contributed by atoms with Crippen molar-refractivity contribution in [3.63, 3.8) is 0 Å². The van der Waals surface area contributed by atoms with Gasteiger partial charge in [0.05, 0.1) is 17.7 Å². The number of amides is 1. The van der Waals surface area contributed by atoms with Crippen LogP contribution in [0.25, 0.3) is 6.08 Å². The first-order chi connectivity index (χ1) is 10.6. The first kappa shape index (κ1) is 15.3. The van der Waals surface area contributed by atoms with Gasteiger partial charge in [0, 0.05) is 19.7 Å². The highest BCUT2D eigenvalue weighted by Crippen LogP contribution is 2.42. The Balaban J connectivity index is 1.74. The molecule has 4 nitrogen and oxygen atoms in total. The Hall–Kier alpha value is -1.65. The van der Waals surface area contributed by atoms with Crippen LogP contribution >= 0.6 is 0 Å². The molecular weight excluding hydrogens is 278 g/mol. The molecule has 118 valence electrons. The third kappa shape index (κ3) is 2.81. The van der Waals surface area contributed by atoms with Gasteiger partial charge >= 0.3 is 0 Å². The molecule has 1 N–H and O–H groups in total. The Labute approximate surface area is 131 Å². The predicted octanol–water partition coefficient (Wildman–Crippen LogP) is 2.23. The zero-order valence-corrected chi connectivity index (χ0v) is 12.9. The van der Waals surface area contributed by atoms with Crippen molar-refractivity contribution in [1.29, 1.82) is 0 Å². The van der Waals surface area contributed by atoms with Gasteiger partial charge in [0.25, 0.3) is 0 Å². The maximum atomic E-state index is 12.5. The molecule has 0 radical (unpaired) electrons. The van der Waals surface area contributed by atoms with Gasteiger partial charge < -0.3 is 14.7 Å². The summed E-state index contributed by atoms with van der Waals surface area (Å²) in [7, 11) is 1.72. The third-order valence-electron chi connectivity index (χ3n) is 5.06. The first-order valence-electron chi connectivity index (χ1n) is 7.91. The van der Waals surface area contributed by atoms with Crippen LogP contribution in [0.2, 0.25) is 0 Å². The molecular formula is C18H23NO3. The molecule has 1 aliphatic carbocycles. The van der Waals surface area contributed by atoms with Crippen molar-refractivity contribution in [2.45, 2.75) is 43.4 Å². The SMILES string of the molecule is CO[C@@]12CC[C@H](O)C[C@@H]1N(C(=O)C=Cc1ccccc1)CC2. The number of aliphatic hydroxyl groups is 1. The fourth-order valence-corrected chi connectivity index (χ4v) is 3.77. The molecule has 22 heavy (non-hydrogen) atoms. The number of hydrogen-bond donors (Lipinski definition) is 1. The minimum absolute atomic E-state index is 0.00174. The summed E-state index contributed by atoms with van der Waals surface area (Å²) in [6, 6.07) is 9.78. The molecule has 0 aromatic heterocycles. The zero-order chi connectivity index (χ0) is 15.6. The van der Waals surface area contributed by atoms with E-state index < -0.39 is 0 Å². The first-order valence-corrected chi connectivity index (χ1v) is 7.91. The summed E-state index contributed by atoms with van der Waals surface area (Å²) in [5.41, 5.74) is 0.742. The van der Waals surface area contributed by atoms with Crippen molar-refractivity contribution in [2.75, 3.05) is 13.7 Å². The highest BCUT2D eigenvalue weighted by Gasteiger charge is 2.51. The average Bonchev–Trinajstić information content (AvgIpc) is 2.93. The van der Waals surface area contributed by atoms with E-state index in [2.05, 4.69) is 0 Å². The minimum Gasteiger partial charge on any atom is -0.393 e. The average molecular weight is 301 g/mol. The standard InChI is InChI=1S/C18H23NO3/c1-22-18-10-9-15(20)13-16(18)19(12-11-18)17(21)8-7-14-5-3-2-4-6-14/h2-8,15-16,20H,9-13H2,1H3/t15-,16-,18+/m0/s1. The smallest absolute Gasteiger partial charge is 0.246 e. The monoisotopic (exact) mass is 301 g/mol. The van der Waals surface area contributed by atoms with E-state index in [1.54, 1.807) is 13.2 Å². The number of methoxy groups -OCH3 is 1. The molecule has 0 bridgehead atoms. The minimum atomic E-state index is -0.334. The van der Waals surface area contributed by atoms with Gasteiger partial charge in [-0.3, -0.25) is 4.79 Å². The number of ether oxygens (including phenoxy) is 1. The molecule has 2 fully saturated rings. The van der Waals surface area contributed by atoms with Crippen molar-refractivity contribution in [1.82, 2.24) is 4.90 Å². The lowest BCUT2D eigenvalue weighted by molar-refractivity contribution is -0.134. The summed E-state index contributed by atoms with van der Waals surface area (Å²) < 4.78 is 5.77. The van der Waals surface area contributed by atoms with E-state index in [4.69, 9.17) is 4.74 Å². The number of nitrogens with zero attached hydrogens (tertiary/aromatic N) is 1. The third-order valence-corrected chi connectivity index (χ3v) is 5.06. The number of hydrogen-bond acceptors (Lipinski definition) is 3. The lowest BCUT2D eigenvalue weighted by atomic mass is 9.79. The summed E-state index contributed by atoms with van der Waals surface area (Å²) in [6.07, 6.45) is 6.18. The van der Waals surface area contributed by atoms with Crippen molar-refractivity contribution in [3.05, 3.63) is 42.0 Å². The van der Waals surface area contributed by atoms with Crippen LogP contribution in [0.3, 0.4) is 0 Å². The predicted molar refractivity (Wildman–Crippen MR) is 85.2 cm³/mol. The quantitative estimate of drug-likeness (QED) is 0.871. The fourth-order valence-electron chi connectivity index (χ4n) is 3.77. The van der Waals surface area contributed by atoms with Crippen LogP contribution in [0, 0.1) is 0 Å². The summed E-state index contributed by atoms with van der Waals surface area (Å²) in [4.78, 5) is 14.4. The van der Waals surface area contributed by atoms with Crippen molar-refractivity contribution >= 4 is 12.0 Å². The maximum absolute atomic E-state index is 12.5. The molecule has 3 atom stereocenters. The molecule has 0 unspecified atom stereocenters. The highest BCUT2D eigenvalue weighted by molar-refractivity contribution is 5.92. The Morgan fingerprint density at radius 2 is 2.14 bits per heavy atom. The summed E-state index contributed by atoms with van der Waals surface area (Å²) in [5.74, 6) is 0.00174. The summed E-state index contributed by atoms with van der Waals surface area (Å²) in [5, 5.41) is 9.96. The normalized spacial score (nSPS) is 31.5. The van der Waals surface area contributed by atoms with E-state index >= 15 is 0 Å². The zero-order valence-electron chi connectivity index (χ0n) is 12.9. The van der Waals surface area contributed by atoms with Gasteiger partial charge in [0.15, 0.2) is 0 Å². The number of carbonyl (C=O) groups excluding carboxylic acids is 1. The van der Waals surface area contributed by atoms with E-state index in [-0.39, 0.29) is 23.7 Å². The van der Waals surface area contributed by atoms with E-state index in [1.165, 1.54) is 0 Å². The van der Waals surface area contributed by atoms with Crippen LogP contribution in [0.15, 0.2) is 36.4 Å². The summed E-state index contributed by atoms with van der Waals surface area (Å²) in [6.45, 7) is 0.698. The highest BCUT2D eigenvalue weighted by atomic mass is 16.5. The number of carbonyl (C=O) groups is 1. The van der Waals surface area contributed by atoms with Crippen molar-refractivity contribution in [3.8, 4) is 0 Å². The van der Waals surface area contributed by atoms with Crippen LogP contribution in [-0.2, 0) is 9.53 Å². The lowest BCUT2D eigenvalue weighted by Gasteiger charge is -2.42. The molecule has 1 aromatic rings. The van der Waals surface area contributed by atoms with Crippen LogP contribution in [0.5, 0.6) is 0 Å². The molecule has 3 rings (SSSR count). The molecule has 0 spiro atoms. The summed E-state index contributed by atoms with van der Waals surface area (Å²) >= 11 is 0. The van der Waals surface area contributed by atoms with Crippen molar-refractivity contribution < 1.29 is 14.6 Å². The lowest BCUT2D eigenvalue weighted by Crippen LogP contribution is -2.52. The molecule has 1 saturated heterocycles. The molecule has 1 amide bonds. The van der Waals surface area contributed by atoms with Gasteiger partial charge in [0.2, 0.25) is 5.91 Å². The van der Waals surface area contributed by atoms with E-state index in [0.29, 0.717) is 13.0 Å². The van der Waals surface area contributed by atoms with Crippen molar-refractivity contribution in [2.24, 2.45) is 0 Å². The largest absolute Gasteiger partial charge is 0.393 e. The second kappa shape index (κ2) is 6.23. The molecule has 1 heterocycles. The van der Waals surface area contributed by atoms with Crippen LogP contribution < -0.4 is 0 Å². The number of rotatable bonds is 3. The molecule has 1 aliphatic heterocycles. The van der Waals surface area contributed by atoms with Gasteiger partial charge in [-0.15, -0.1) is 0 Å². The van der Waals surface area contributed by atoms with Crippen LogP contribution in [0.1, 0.15) is 31.2 Å². The number of benzene rings is 1. The van der Waals surface area contributed by atoms with Gasteiger partial charge in [-0.2, -0.15) is 0 Å². The topological polar surface area (TPSA) is 49.8 Å². The van der Waals surface area contributed by atoms with E-state index in [1.807, 2.05) is 41.3 Å². The number of aliphatic hydroxyl groups excluding tert-OH is 1. The fraction of sp³-hybridized carbons (Fsp3) is 0.500. The number of fused-ring (bicyclic) bond motifs is 1. The molecule has 1 saturated carbocycles. The van der Waals surface area contributed by atoms with E-state index in [9.17, 15) is 9.90 Å². The molecule has 4 heteroatoms.